The third kappa shape index (κ3) is 4.69. The van der Waals surface area contributed by atoms with Crippen LogP contribution in [-0.2, 0) is 9.63 Å². The standard InChI is InChI=1S/C14H15Cl2NO3/c15-12-7-6-11(8-13(12)16)19-9-14(18)20-17-10-4-2-1-3-5-10/h6-8H,1-5,9H2. The third-order valence-corrected chi connectivity index (χ3v) is 3.69. The summed E-state index contributed by atoms with van der Waals surface area (Å²) in [5, 5.41) is 4.68. The SMILES string of the molecule is O=C(COc1ccc(Cl)c(Cl)c1)ON=C1CCCCC1. The fourth-order valence-corrected chi connectivity index (χ4v) is 2.19. The lowest BCUT2D eigenvalue weighted by Gasteiger charge is -2.11. The Kier molecular flexibility index (Phi) is 5.68. The van der Waals surface area contributed by atoms with Gasteiger partial charge in [0.1, 0.15) is 5.75 Å². The van der Waals surface area contributed by atoms with E-state index in [1.807, 2.05) is 0 Å². The largest absolute Gasteiger partial charge is 0.482 e. The van der Waals surface area contributed by atoms with Gasteiger partial charge >= 0.3 is 5.97 Å². The van der Waals surface area contributed by atoms with Crippen LogP contribution in [0.25, 0.3) is 0 Å². The molecule has 0 aromatic heterocycles. The lowest BCUT2D eigenvalue weighted by Crippen LogP contribution is -2.14. The lowest BCUT2D eigenvalue weighted by molar-refractivity contribution is -0.146. The van der Waals surface area contributed by atoms with Crippen LogP contribution < -0.4 is 4.74 Å². The Balaban J connectivity index is 1.78. The number of ether oxygens (including phenoxy) is 1. The summed E-state index contributed by atoms with van der Waals surface area (Å²) in [6.07, 6.45) is 5.24. The molecule has 1 aromatic carbocycles. The second-order valence-electron chi connectivity index (χ2n) is 4.55. The van der Waals surface area contributed by atoms with Crippen LogP contribution in [-0.4, -0.2) is 18.3 Å². The van der Waals surface area contributed by atoms with Gasteiger partial charge in [0.05, 0.1) is 15.8 Å². The Labute approximate surface area is 127 Å². The molecule has 2 rings (SSSR count). The van der Waals surface area contributed by atoms with Crippen molar-refractivity contribution in [2.24, 2.45) is 5.16 Å². The molecule has 4 nitrogen and oxygen atoms in total. The van der Waals surface area contributed by atoms with E-state index in [4.69, 9.17) is 32.8 Å². The fraction of sp³-hybridized carbons (Fsp3) is 0.429. The van der Waals surface area contributed by atoms with Gasteiger partial charge in [-0.2, -0.15) is 0 Å². The highest BCUT2D eigenvalue weighted by Gasteiger charge is 2.10. The van der Waals surface area contributed by atoms with Gasteiger partial charge in [-0.15, -0.1) is 0 Å². The van der Waals surface area contributed by atoms with Crippen LogP contribution in [0.4, 0.5) is 0 Å². The summed E-state index contributed by atoms with van der Waals surface area (Å²) in [6.45, 7) is -0.214. The summed E-state index contributed by atoms with van der Waals surface area (Å²) in [7, 11) is 0. The summed E-state index contributed by atoms with van der Waals surface area (Å²) in [6, 6.07) is 4.78. The first kappa shape index (κ1) is 15.1. The zero-order valence-corrected chi connectivity index (χ0v) is 12.4. The van der Waals surface area contributed by atoms with Crippen LogP contribution in [0.3, 0.4) is 0 Å². The summed E-state index contributed by atoms with van der Waals surface area (Å²) in [5.74, 6) is -0.0733. The van der Waals surface area contributed by atoms with Crippen LogP contribution >= 0.6 is 23.2 Å². The molecule has 1 fully saturated rings. The fourth-order valence-electron chi connectivity index (χ4n) is 1.90. The highest BCUT2D eigenvalue weighted by Crippen LogP contribution is 2.26. The Morgan fingerprint density at radius 3 is 2.60 bits per heavy atom. The minimum absolute atomic E-state index is 0.214. The van der Waals surface area contributed by atoms with Gasteiger partial charge in [0.15, 0.2) is 6.61 Å². The molecule has 0 saturated heterocycles. The number of benzene rings is 1. The third-order valence-electron chi connectivity index (χ3n) is 2.96. The molecule has 20 heavy (non-hydrogen) atoms. The lowest BCUT2D eigenvalue weighted by atomic mass is 9.99. The maximum absolute atomic E-state index is 11.5. The van der Waals surface area contributed by atoms with Crippen molar-refractivity contribution in [3.8, 4) is 5.75 Å². The molecular formula is C14H15Cl2NO3. The number of oxime groups is 1. The Bertz CT molecular complexity index is 509. The van der Waals surface area contributed by atoms with Crippen molar-refractivity contribution in [3.05, 3.63) is 28.2 Å². The molecule has 0 heterocycles. The van der Waals surface area contributed by atoms with Crippen LogP contribution in [0, 0.1) is 0 Å². The minimum atomic E-state index is -0.533. The van der Waals surface area contributed by atoms with Crippen molar-refractivity contribution in [1.29, 1.82) is 0 Å². The molecule has 1 aliphatic carbocycles. The van der Waals surface area contributed by atoms with Crippen molar-refractivity contribution >= 4 is 34.9 Å². The number of nitrogens with zero attached hydrogens (tertiary/aromatic N) is 1. The molecule has 0 radical (unpaired) electrons. The van der Waals surface area contributed by atoms with Crippen LogP contribution in [0.2, 0.25) is 10.0 Å². The van der Waals surface area contributed by atoms with Gasteiger partial charge in [-0.3, -0.25) is 0 Å². The van der Waals surface area contributed by atoms with Gasteiger partial charge in [0, 0.05) is 6.07 Å². The summed E-state index contributed by atoms with van der Waals surface area (Å²) >= 11 is 11.6. The normalized spacial score (nSPS) is 14.8. The molecule has 0 unspecified atom stereocenters. The van der Waals surface area contributed by atoms with Crippen molar-refractivity contribution in [2.45, 2.75) is 32.1 Å². The van der Waals surface area contributed by atoms with E-state index < -0.39 is 5.97 Å². The van der Waals surface area contributed by atoms with Crippen molar-refractivity contribution < 1.29 is 14.4 Å². The number of rotatable bonds is 4. The molecule has 0 N–H and O–H groups in total. The van der Waals surface area contributed by atoms with Crippen LogP contribution in [0.1, 0.15) is 32.1 Å². The quantitative estimate of drug-likeness (QED) is 0.617. The summed E-state index contributed by atoms with van der Waals surface area (Å²) < 4.78 is 5.26. The van der Waals surface area contributed by atoms with Crippen molar-refractivity contribution in [3.63, 3.8) is 0 Å². The number of carbonyl (C=O) groups is 1. The molecule has 0 spiro atoms. The van der Waals surface area contributed by atoms with E-state index in [1.54, 1.807) is 18.2 Å². The molecule has 6 heteroatoms. The second-order valence-corrected chi connectivity index (χ2v) is 5.36. The molecule has 1 aromatic rings. The first-order valence-corrected chi connectivity index (χ1v) is 7.24. The van der Waals surface area contributed by atoms with Crippen molar-refractivity contribution in [2.75, 3.05) is 6.61 Å². The zero-order valence-electron chi connectivity index (χ0n) is 10.9. The Hall–Kier alpha value is -1.26. The number of hydrogen-bond acceptors (Lipinski definition) is 4. The number of halogens is 2. The monoisotopic (exact) mass is 315 g/mol. The number of hydrogen-bond donors (Lipinski definition) is 0. The molecule has 0 amide bonds. The summed E-state index contributed by atoms with van der Waals surface area (Å²) in [4.78, 5) is 16.3. The van der Waals surface area contributed by atoms with E-state index in [0.717, 1.165) is 31.4 Å². The molecule has 108 valence electrons. The zero-order chi connectivity index (χ0) is 14.4. The van der Waals surface area contributed by atoms with E-state index in [0.29, 0.717) is 15.8 Å². The van der Waals surface area contributed by atoms with Gasteiger partial charge in [-0.05, 0) is 37.8 Å². The first-order chi connectivity index (χ1) is 9.65. The van der Waals surface area contributed by atoms with Gasteiger partial charge in [0.2, 0.25) is 0 Å². The molecule has 0 aliphatic heterocycles. The smallest absolute Gasteiger partial charge is 0.372 e. The molecule has 1 saturated carbocycles. The maximum Gasteiger partial charge on any atom is 0.372 e. The highest BCUT2D eigenvalue weighted by molar-refractivity contribution is 6.42. The van der Waals surface area contributed by atoms with Gasteiger partial charge in [-0.25, -0.2) is 4.79 Å². The maximum atomic E-state index is 11.5. The predicted octanol–water partition coefficient (Wildman–Crippen LogP) is 4.24. The Morgan fingerprint density at radius 2 is 1.90 bits per heavy atom. The average Bonchev–Trinajstić information content (AvgIpc) is 2.47. The topological polar surface area (TPSA) is 47.9 Å². The average molecular weight is 316 g/mol. The van der Waals surface area contributed by atoms with E-state index in [2.05, 4.69) is 5.16 Å². The highest BCUT2D eigenvalue weighted by atomic mass is 35.5. The van der Waals surface area contributed by atoms with E-state index >= 15 is 0 Å². The van der Waals surface area contributed by atoms with E-state index in [-0.39, 0.29) is 6.61 Å². The predicted molar refractivity (Wildman–Crippen MR) is 78.6 cm³/mol. The Morgan fingerprint density at radius 1 is 1.15 bits per heavy atom. The molecule has 1 aliphatic rings. The molecule has 0 bridgehead atoms. The minimum Gasteiger partial charge on any atom is -0.482 e. The van der Waals surface area contributed by atoms with E-state index in [1.165, 1.54) is 6.42 Å². The molecule has 0 atom stereocenters. The van der Waals surface area contributed by atoms with Gasteiger partial charge < -0.3 is 9.57 Å². The van der Waals surface area contributed by atoms with Crippen LogP contribution in [0.15, 0.2) is 23.4 Å². The number of carbonyl (C=O) groups excluding carboxylic acids is 1. The van der Waals surface area contributed by atoms with E-state index in [9.17, 15) is 4.79 Å². The van der Waals surface area contributed by atoms with Crippen LogP contribution in [0.5, 0.6) is 5.75 Å². The second kappa shape index (κ2) is 7.50. The van der Waals surface area contributed by atoms with Gasteiger partial charge in [-0.1, -0.05) is 34.8 Å². The molecular weight excluding hydrogens is 301 g/mol. The van der Waals surface area contributed by atoms with Crippen molar-refractivity contribution in [1.82, 2.24) is 0 Å². The first-order valence-electron chi connectivity index (χ1n) is 6.48. The summed E-state index contributed by atoms with van der Waals surface area (Å²) in [5.41, 5.74) is 0.944. The van der Waals surface area contributed by atoms with Gasteiger partial charge in [0.25, 0.3) is 0 Å².